The molecule has 2 heterocycles. The van der Waals surface area contributed by atoms with Crippen molar-refractivity contribution in [1.29, 1.82) is 0 Å². The predicted molar refractivity (Wildman–Crippen MR) is 114 cm³/mol. The Kier molecular flexibility index (Phi) is 4.98. The largest absolute Gasteiger partial charge is 0.322 e. The van der Waals surface area contributed by atoms with Gasteiger partial charge in [0.05, 0.1) is 18.3 Å². The van der Waals surface area contributed by atoms with Crippen molar-refractivity contribution in [3.63, 3.8) is 0 Å². The van der Waals surface area contributed by atoms with Crippen molar-refractivity contribution >= 4 is 44.7 Å². The minimum absolute atomic E-state index is 0.0637. The van der Waals surface area contributed by atoms with Crippen LogP contribution in [0.4, 0.5) is 5.69 Å². The van der Waals surface area contributed by atoms with Crippen LogP contribution in [0.15, 0.2) is 65.0 Å². The van der Waals surface area contributed by atoms with E-state index in [9.17, 15) is 9.59 Å². The van der Waals surface area contributed by atoms with Crippen LogP contribution in [0.2, 0.25) is 5.02 Å². The van der Waals surface area contributed by atoms with Crippen molar-refractivity contribution < 1.29 is 4.79 Å². The minimum atomic E-state index is -0.202. The third-order valence-electron chi connectivity index (χ3n) is 4.44. The molecule has 7 heteroatoms. The first-order chi connectivity index (χ1) is 13.5. The van der Waals surface area contributed by atoms with Crippen molar-refractivity contribution in [2.45, 2.75) is 13.5 Å². The first-order valence-electron chi connectivity index (χ1n) is 8.60. The number of hydrogen-bond donors (Lipinski definition) is 1. The Labute approximate surface area is 170 Å². The highest BCUT2D eigenvalue weighted by atomic mass is 35.5. The fraction of sp³-hybridized carbons (Fsp3) is 0.0952. The third kappa shape index (κ3) is 3.69. The number of benzene rings is 2. The number of aryl methyl sites for hydroxylation is 1. The lowest BCUT2D eigenvalue weighted by Crippen LogP contribution is -2.20. The molecule has 1 N–H and O–H groups in total. The molecule has 28 heavy (non-hydrogen) atoms. The third-order valence-corrected chi connectivity index (χ3v) is 5.68. The fourth-order valence-corrected chi connectivity index (χ4v) is 3.73. The molecule has 0 saturated carbocycles. The summed E-state index contributed by atoms with van der Waals surface area (Å²) in [6, 6.07) is 14.3. The number of amides is 1. The molecule has 0 spiro atoms. The van der Waals surface area contributed by atoms with Crippen LogP contribution in [-0.4, -0.2) is 15.5 Å². The standard InChI is InChI=1S/C21H16ClN3O2S/c1-13-10-16(6-7-18(13)22)24-19(26)15-4-2-14(3-5-15)11-25-12-23-20-17(21(25)27)8-9-28-20/h2-10,12H,11H2,1H3,(H,24,26). The van der Waals surface area contributed by atoms with Crippen LogP contribution in [0.3, 0.4) is 0 Å². The zero-order valence-electron chi connectivity index (χ0n) is 15.0. The number of anilines is 1. The predicted octanol–water partition coefficient (Wildman–Crippen LogP) is 4.72. The quantitative estimate of drug-likeness (QED) is 0.530. The summed E-state index contributed by atoms with van der Waals surface area (Å²) < 4.78 is 1.57. The molecule has 0 radical (unpaired) electrons. The fourth-order valence-electron chi connectivity index (χ4n) is 2.89. The van der Waals surface area contributed by atoms with Crippen LogP contribution in [-0.2, 0) is 6.54 Å². The van der Waals surface area contributed by atoms with Crippen LogP contribution >= 0.6 is 22.9 Å². The van der Waals surface area contributed by atoms with Gasteiger partial charge in [0.2, 0.25) is 0 Å². The summed E-state index contributed by atoms with van der Waals surface area (Å²) in [6.45, 7) is 2.28. The van der Waals surface area contributed by atoms with E-state index in [0.717, 1.165) is 16.0 Å². The molecule has 0 saturated heterocycles. The number of carbonyl (C=O) groups is 1. The number of nitrogens with zero attached hydrogens (tertiary/aromatic N) is 2. The molecule has 0 atom stereocenters. The van der Waals surface area contributed by atoms with E-state index in [4.69, 9.17) is 11.6 Å². The molecule has 2 aromatic carbocycles. The van der Waals surface area contributed by atoms with Crippen molar-refractivity contribution in [2.24, 2.45) is 0 Å². The zero-order chi connectivity index (χ0) is 19.7. The van der Waals surface area contributed by atoms with Gasteiger partial charge >= 0.3 is 0 Å². The molecule has 140 valence electrons. The normalized spacial score (nSPS) is 10.9. The van der Waals surface area contributed by atoms with Gasteiger partial charge in [0.15, 0.2) is 0 Å². The van der Waals surface area contributed by atoms with Crippen LogP contribution in [0.25, 0.3) is 10.2 Å². The highest BCUT2D eigenvalue weighted by Crippen LogP contribution is 2.20. The Hall–Kier alpha value is -2.96. The smallest absolute Gasteiger partial charge is 0.262 e. The highest BCUT2D eigenvalue weighted by Gasteiger charge is 2.09. The summed E-state index contributed by atoms with van der Waals surface area (Å²) in [5, 5.41) is 6.01. The summed E-state index contributed by atoms with van der Waals surface area (Å²) in [5.74, 6) is -0.202. The topological polar surface area (TPSA) is 64.0 Å². The van der Waals surface area contributed by atoms with Gasteiger partial charge in [-0.15, -0.1) is 11.3 Å². The maximum Gasteiger partial charge on any atom is 0.262 e. The Morgan fingerprint density at radius 3 is 2.71 bits per heavy atom. The Morgan fingerprint density at radius 2 is 1.96 bits per heavy atom. The number of fused-ring (bicyclic) bond motifs is 1. The Morgan fingerprint density at radius 1 is 1.18 bits per heavy atom. The average Bonchev–Trinajstić information content (AvgIpc) is 3.17. The van der Waals surface area contributed by atoms with E-state index in [1.165, 1.54) is 11.3 Å². The van der Waals surface area contributed by atoms with Crippen LogP contribution in [0.5, 0.6) is 0 Å². The lowest BCUT2D eigenvalue weighted by Gasteiger charge is -2.09. The maximum absolute atomic E-state index is 12.5. The Bertz CT molecular complexity index is 1230. The monoisotopic (exact) mass is 409 g/mol. The van der Waals surface area contributed by atoms with Gasteiger partial charge in [-0.25, -0.2) is 4.98 Å². The van der Waals surface area contributed by atoms with Crippen LogP contribution in [0, 0.1) is 6.92 Å². The molecule has 0 aliphatic heterocycles. The lowest BCUT2D eigenvalue weighted by molar-refractivity contribution is 0.102. The summed E-state index contributed by atoms with van der Waals surface area (Å²) in [4.78, 5) is 30.0. The lowest BCUT2D eigenvalue weighted by atomic mass is 10.1. The first kappa shape index (κ1) is 18.4. The van der Waals surface area contributed by atoms with Crippen LogP contribution < -0.4 is 10.9 Å². The summed E-state index contributed by atoms with van der Waals surface area (Å²) >= 11 is 7.46. The zero-order valence-corrected chi connectivity index (χ0v) is 16.6. The first-order valence-corrected chi connectivity index (χ1v) is 9.86. The average molecular weight is 410 g/mol. The number of thiophene rings is 1. The van der Waals surface area contributed by atoms with E-state index in [0.29, 0.717) is 28.2 Å². The van der Waals surface area contributed by atoms with Gasteiger partial charge in [-0.1, -0.05) is 23.7 Å². The second kappa shape index (κ2) is 7.58. The molecule has 0 unspecified atom stereocenters. The SMILES string of the molecule is Cc1cc(NC(=O)c2ccc(Cn3cnc4sccc4c3=O)cc2)ccc1Cl. The number of aromatic nitrogens is 2. The van der Waals surface area contributed by atoms with Gasteiger partial charge in [-0.05, 0) is 59.8 Å². The van der Waals surface area contributed by atoms with E-state index in [2.05, 4.69) is 10.3 Å². The molecule has 4 aromatic rings. The van der Waals surface area contributed by atoms with Gasteiger partial charge in [0.25, 0.3) is 11.5 Å². The van der Waals surface area contributed by atoms with Gasteiger partial charge in [0.1, 0.15) is 4.83 Å². The highest BCUT2D eigenvalue weighted by molar-refractivity contribution is 7.16. The summed E-state index contributed by atoms with van der Waals surface area (Å²) in [6.07, 6.45) is 1.56. The number of hydrogen-bond acceptors (Lipinski definition) is 4. The minimum Gasteiger partial charge on any atom is -0.322 e. The van der Waals surface area contributed by atoms with Gasteiger partial charge in [-0.2, -0.15) is 0 Å². The molecule has 0 aliphatic carbocycles. The second-order valence-corrected chi connectivity index (χ2v) is 7.73. The van der Waals surface area contributed by atoms with Crippen molar-refractivity contribution in [1.82, 2.24) is 9.55 Å². The second-order valence-electron chi connectivity index (χ2n) is 6.43. The maximum atomic E-state index is 12.5. The van der Waals surface area contributed by atoms with Crippen molar-refractivity contribution in [3.8, 4) is 0 Å². The molecule has 5 nitrogen and oxygen atoms in total. The van der Waals surface area contributed by atoms with Crippen molar-refractivity contribution in [3.05, 3.63) is 92.3 Å². The number of rotatable bonds is 4. The van der Waals surface area contributed by atoms with E-state index in [-0.39, 0.29) is 11.5 Å². The van der Waals surface area contributed by atoms with E-state index in [1.807, 2.05) is 30.5 Å². The molecule has 4 rings (SSSR count). The summed E-state index contributed by atoms with van der Waals surface area (Å²) in [7, 11) is 0. The van der Waals surface area contributed by atoms with Crippen molar-refractivity contribution in [2.75, 3.05) is 5.32 Å². The molecular formula is C21H16ClN3O2S. The Balaban J connectivity index is 1.49. The molecule has 0 fully saturated rings. The van der Waals surface area contributed by atoms with Gasteiger partial charge < -0.3 is 5.32 Å². The number of halogens is 1. The van der Waals surface area contributed by atoms with Crippen LogP contribution in [0.1, 0.15) is 21.5 Å². The number of carbonyl (C=O) groups excluding carboxylic acids is 1. The van der Waals surface area contributed by atoms with E-state index < -0.39 is 0 Å². The molecule has 2 aromatic heterocycles. The van der Waals surface area contributed by atoms with E-state index >= 15 is 0 Å². The molecule has 0 aliphatic rings. The molecule has 1 amide bonds. The van der Waals surface area contributed by atoms with Gasteiger partial charge in [-0.3, -0.25) is 14.2 Å². The molecular weight excluding hydrogens is 394 g/mol. The van der Waals surface area contributed by atoms with Gasteiger partial charge in [0, 0.05) is 16.3 Å². The van der Waals surface area contributed by atoms with E-state index in [1.54, 1.807) is 41.2 Å². The number of nitrogens with one attached hydrogen (secondary N) is 1. The summed E-state index contributed by atoms with van der Waals surface area (Å²) in [5.41, 5.74) is 2.98. The molecule has 0 bridgehead atoms.